The maximum atomic E-state index is 11.7. The molecule has 18 heavy (non-hydrogen) atoms. The van der Waals surface area contributed by atoms with Crippen LogP contribution in [0.2, 0.25) is 0 Å². The number of rotatable bonds is 5. The van der Waals surface area contributed by atoms with Crippen molar-refractivity contribution >= 4 is 17.7 Å². The van der Waals surface area contributed by atoms with Crippen LogP contribution in [-0.4, -0.2) is 33.8 Å². The third-order valence-corrected chi connectivity index (χ3v) is 3.29. The van der Waals surface area contributed by atoms with Gasteiger partial charge in [-0.2, -0.15) is 0 Å². The molecule has 0 atom stereocenters. The first kappa shape index (κ1) is 12.3. The van der Waals surface area contributed by atoms with Crippen LogP contribution in [0.3, 0.4) is 0 Å². The van der Waals surface area contributed by atoms with E-state index in [2.05, 4.69) is 20.3 Å². The van der Waals surface area contributed by atoms with E-state index >= 15 is 0 Å². The number of carbonyl (C=O) groups excluding carboxylic acids is 1. The van der Waals surface area contributed by atoms with Gasteiger partial charge in [0.25, 0.3) is 5.91 Å². The van der Waals surface area contributed by atoms with Crippen molar-refractivity contribution < 1.29 is 19.3 Å². The Morgan fingerprint density at radius 3 is 2.61 bits per heavy atom. The Hall–Kier alpha value is -2.12. The second-order valence-corrected chi connectivity index (χ2v) is 4.60. The number of nitrogens with one attached hydrogen (secondary N) is 1. The molecule has 1 heterocycles. The summed E-state index contributed by atoms with van der Waals surface area (Å²) in [5.41, 5.74) is 4.98. The summed E-state index contributed by atoms with van der Waals surface area (Å²) in [6.07, 6.45) is 2.63. The first-order valence-corrected chi connectivity index (χ1v) is 5.60. The van der Waals surface area contributed by atoms with Crippen molar-refractivity contribution in [2.75, 3.05) is 12.3 Å². The van der Waals surface area contributed by atoms with Crippen LogP contribution in [0.4, 0.5) is 5.82 Å². The Morgan fingerprint density at radius 2 is 2.17 bits per heavy atom. The molecular formula is C10H14N4O4. The molecule has 1 aromatic heterocycles. The molecule has 0 saturated heterocycles. The molecule has 1 aliphatic rings. The van der Waals surface area contributed by atoms with Gasteiger partial charge >= 0.3 is 5.97 Å². The summed E-state index contributed by atoms with van der Waals surface area (Å²) >= 11 is 0. The molecular weight excluding hydrogens is 240 g/mol. The zero-order chi connectivity index (χ0) is 13.2. The summed E-state index contributed by atoms with van der Waals surface area (Å²) in [6.45, 7) is 0.296. The van der Waals surface area contributed by atoms with Crippen molar-refractivity contribution in [3.63, 3.8) is 0 Å². The molecule has 0 aliphatic heterocycles. The summed E-state index contributed by atoms with van der Waals surface area (Å²) in [5, 5.41) is 18.1. The highest BCUT2D eigenvalue weighted by Crippen LogP contribution is 2.43. The molecule has 8 heteroatoms. The normalized spacial score (nSPS) is 16.9. The fourth-order valence-electron chi connectivity index (χ4n) is 2.12. The van der Waals surface area contributed by atoms with E-state index in [1.165, 1.54) is 0 Å². The highest BCUT2D eigenvalue weighted by molar-refractivity contribution is 5.96. The van der Waals surface area contributed by atoms with Gasteiger partial charge in [-0.25, -0.2) is 4.63 Å². The number of aliphatic carboxylic acids is 1. The summed E-state index contributed by atoms with van der Waals surface area (Å²) in [5.74, 6) is -1.43. The van der Waals surface area contributed by atoms with Gasteiger partial charge in [0.1, 0.15) is 0 Å². The molecule has 0 spiro atoms. The van der Waals surface area contributed by atoms with Crippen molar-refractivity contribution in [3.05, 3.63) is 5.69 Å². The molecule has 1 aromatic rings. The van der Waals surface area contributed by atoms with E-state index < -0.39 is 11.9 Å². The largest absolute Gasteiger partial charge is 0.481 e. The minimum atomic E-state index is -0.855. The zero-order valence-corrected chi connectivity index (χ0v) is 9.68. The molecule has 8 nitrogen and oxygen atoms in total. The van der Waals surface area contributed by atoms with Gasteiger partial charge in [0.05, 0.1) is 6.42 Å². The Balaban J connectivity index is 1.93. The minimum absolute atomic E-state index is 0.0554. The van der Waals surface area contributed by atoms with Crippen molar-refractivity contribution in [2.24, 2.45) is 5.41 Å². The first-order chi connectivity index (χ1) is 8.52. The number of nitrogens with zero attached hydrogens (tertiary/aromatic N) is 2. The highest BCUT2D eigenvalue weighted by atomic mass is 16.6. The number of carbonyl (C=O) groups is 2. The van der Waals surface area contributed by atoms with E-state index in [-0.39, 0.29) is 23.3 Å². The molecule has 0 radical (unpaired) electrons. The average Bonchev–Trinajstić information content (AvgIpc) is 2.67. The number of hydrogen-bond donors (Lipinski definition) is 3. The van der Waals surface area contributed by atoms with Crippen molar-refractivity contribution in [1.29, 1.82) is 0 Å². The van der Waals surface area contributed by atoms with Gasteiger partial charge < -0.3 is 16.2 Å². The van der Waals surface area contributed by atoms with Crippen LogP contribution in [0.15, 0.2) is 4.63 Å². The quantitative estimate of drug-likeness (QED) is 0.675. The van der Waals surface area contributed by atoms with E-state index in [0.717, 1.165) is 19.3 Å². The number of hydrogen-bond acceptors (Lipinski definition) is 6. The number of carboxylic acids is 1. The van der Waals surface area contributed by atoms with E-state index in [1.54, 1.807) is 0 Å². The summed E-state index contributed by atoms with van der Waals surface area (Å²) in [6, 6.07) is 0. The maximum absolute atomic E-state index is 11.7. The molecule has 0 bridgehead atoms. The van der Waals surface area contributed by atoms with E-state index in [4.69, 9.17) is 10.8 Å². The lowest BCUT2D eigenvalue weighted by atomic mass is 9.66. The van der Waals surface area contributed by atoms with Crippen LogP contribution in [0.25, 0.3) is 0 Å². The number of carboxylic acid groups (broad SMARTS) is 1. The second-order valence-electron chi connectivity index (χ2n) is 4.60. The van der Waals surface area contributed by atoms with Gasteiger partial charge in [-0.15, -0.1) is 0 Å². The predicted molar refractivity (Wildman–Crippen MR) is 59.6 cm³/mol. The third-order valence-electron chi connectivity index (χ3n) is 3.29. The maximum Gasteiger partial charge on any atom is 0.303 e. The van der Waals surface area contributed by atoms with Crippen LogP contribution < -0.4 is 11.1 Å². The molecule has 1 aliphatic carbocycles. The Kier molecular flexibility index (Phi) is 3.17. The number of amides is 1. The monoisotopic (exact) mass is 254 g/mol. The van der Waals surface area contributed by atoms with Gasteiger partial charge in [0, 0.05) is 6.54 Å². The van der Waals surface area contributed by atoms with Gasteiger partial charge in [0.15, 0.2) is 0 Å². The van der Waals surface area contributed by atoms with Crippen LogP contribution in [-0.2, 0) is 4.79 Å². The van der Waals surface area contributed by atoms with Gasteiger partial charge in [0.2, 0.25) is 11.5 Å². The van der Waals surface area contributed by atoms with Gasteiger partial charge in [-0.3, -0.25) is 9.59 Å². The van der Waals surface area contributed by atoms with Crippen molar-refractivity contribution in [1.82, 2.24) is 15.6 Å². The zero-order valence-electron chi connectivity index (χ0n) is 9.68. The van der Waals surface area contributed by atoms with Crippen molar-refractivity contribution in [3.8, 4) is 0 Å². The van der Waals surface area contributed by atoms with Crippen LogP contribution in [0.1, 0.15) is 36.2 Å². The minimum Gasteiger partial charge on any atom is -0.481 e. The summed E-state index contributed by atoms with van der Waals surface area (Å²) in [7, 11) is 0. The average molecular weight is 254 g/mol. The molecule has 1 fully saturated rings. The number of nitrogens with two attached hydrogens (primary N) is 1. The topological polar surface area (TPSA) is 131 Å². The van der Waals surface area contributed by atoms with Gasteiger partial charge in [-0.1, -0.05) is 6.42 Å². The molecule has 2 rings (SSSR count). The highest BCUT2D eigenvalue weighted by Gasteiger charge is 2.39. The standard InChI is InChI=1S/C10H14N4O4/c11-8-7(13-18-14-8)9(17)12-5-10(2-1-3-10)4-6(15)16/h1-5H2,(H2,11,14)(H,12,17)(H,15,16). The lowest BCUT2D eigenvalue weighted by molar-refractivity contribution is -0.141. The lowest BCUT2D eigenvalue weighted by Crippen LogP contribution is -2.43. The molecule has 0 aromatic carbocycles. The smallest absolute Gasteiger partial charge is 0.303 e. The second kappa shape index (κ2) is 4.63. The SMILES string of the molecule is Nc1nonc1C(=O)NCC1(CC(=O)O)CCC1. The molecule has 0 unspecified atom stereocenters. The predicted octanol–water partition coefficient (Wildman–Crippen LogP) is 0.0266. The number of aromatic nitrogens is 2. The Bertz CT molecular complexity index is 466. The van der Waals surface area contributed by atoms with Crippen LogP contribution in [0.5, 0.6) is 0 Å². The fourth-order valence-corrected chi connectivity index (χ4v) is 2.12. The van der Waals surface area contributed by atoms with E-state index in [0.29, 0.717) is 6.54 Å². The first-order valence-electron chi connectivity index (χ1n) is 5.60. The van der Waals surface area contributed by atoms with Crippen LogP contribution in [0, 0.1) is 5.41 Å². The summed E-state index contributed by atoms with van der Waals surface area (Å²) < 4.78 is 4.32. The molecule has 4 N–H and O–H groups in total. The third kappa shape index (κ3) is 2.41. The number of nitrogen functional groups attached to an aromatic ring is 1. The summed E-state index contributed by atoms with van der Waals surface area (Å²) in [4.78, 5) is 22.5. The van der Waals surface area contributed by atoms with Crippen LogP contribution >= 0.6 is 0 Å². The Labute approximate surface area is 102 Å². The van der Waals surface area contributed by atoms with E-state index in [9.17, 15) is 9.59 Å². The molecule has 1 saturated carbocycles. The lowest BCUT2D eigenvalue weighted by Gasteiger charge is -2.40. The molecule has 1 amide bonds. The van der Waals surface area contributed by atoms with E-state index in [1.807, 2.05) is 0 Å². The molecule has 98 valence electrons. The number of anilines is 1. The Morgan fingerprint density at radius 1 is 1.44 bits per heavy atom. The fraction of sp³-hybridized carbons (Fsp3) is 0.600. The van der Waals surface area contributed by atoms with Crippen molar-refractivity contribution in [2.45, 2.75) is 25.7 Å². The van der Waals surface area contributed by atoms with Gasteiger partial charge in [-0.05, 0) is 28.6 Å².